The van der Waals surface area contributed by atoms with Crippen molar-refractivity contribution in [2.45, 2.75) is 58.2 Å². The predicted molar refractivity (Wildman–Crippen MR) is 114 cm³/mol. The van der Waals surface area contributed by atoms with Gasteiger partial charge in [0.2, 0.25) is 0 Å². The summed E-state index contributed by atoms with van der Waals surface area (Å²) < 4.78 is 6.99. The Morgan fingerprint density at radius 3 is 2.55 bits per heavy atom. The number of hydrogen-bond acceptors (Lipinski definition) is 6. The molecule has 5 rings (SSSR count). The van der Waals surface area contributed by atoms with Gasteiger partial charge in [-0.2, -0.15) is 5.10 Å². The highest BCUT2D eigenvalue weighted by Gasteiger charge is 2.51. The van der Waals surface area contributed by atoms with Crippen molar-refractivity contribution in [1.29, 1.82) is 0 Å². The molecule has 2 aromatic heterocycles. The summed E-state index contributed by atoms with van der Waals surface area (Å²) >= 11 is 0. The molecular formula is C22H30N6O3. The molecule has 1 N–H and O–H groups in total. The molecule has 2 aromatic rings. The lowest BCUT2D eigenvalue weighted by Gasteiger charge is -2.57. The quantitative estimate of drug-likeness (QED) is 0.806. The molecule has 2 amide bonds. The van der Waals surface area contributed by atoms with Crippen molar-refractivity contribution < 1.29 is 14.3 Å². The molecule has 9 nitrogen and oxygen atoms in total. The number of fused-ring (bicyclic) bond motifs is 2. The van der Waals surface area contributed by atoms with E-state index in [1.165, 1.54) is 0 Å². The molecule has 4 heterocycles. The Hall–Kier alpha value is -2.97. The van der Waals surface area contributed by atoms with E-state index < -0.39 is 11.7 Å². The lowest BCUT2D eigenvalue weighted by Crippen LogP contribution is -2.65. The molecule has 2 aliphatic heterocycles. The fourth-order valence-corrected chi connectivity index (χ4v) is 4.60. The van der Waals surface area contributed by atoms with Crippen LogP contribution in [-0.4, -0.2) is 60.9 Å². The van der Waals surface area contributed by atoms with Crippen LogP contribution >= 0.6 is 0 Å². The van der Waals surface area contributed by atoms with E-state index in [0.717, 1.165) is 12.8 Å². The van der Waals surface area contributed by atoms with Crippen molar-refractivity contribution in [3.05, 3.63) is 30.4 Å². The van der Waals surface area contributed by atoms with Gasteiger partial charge in [0.25, 0.3) is 5.91 Å². The van der Waals surface area contributed by atoms with Crippen molar-refractivity contribution >= 4 is 12.0 Å². The maximum Gasteiger partial charge on any atom is 0.407 e. The average Bonchev–Trinajstić information content (AvgIpc) is 3.06. The summed E-state index contributed by atoms with van der Waals surface area (Å²) in [5, 5.41) is 7.31. The standard InChI is InChI=1S/C22H30N6O3/c1-13-14-9-15(10-14)28(17(13)11-25-21(30)31-22(2,3)4)20(29)18-16(12-27(5)26-18)19-23-7-6-8-24-19/h6-8,12-15,17H,9-11H2,1-5H3,(H,25,30). The van der Waals surface area contributed by atoms with Gasteiger partial charge in [0.15, 0.2) is 11.5 Å². The van der Waals surface area contributed by atoms with Gasteiger partial charge < -0.3 is 15.0 Å². The molecule has 31 heavy (non-hydrogen) atoms. The molecular weight excluding hydrogens is 396 g/mol. The summed E-state index contributed by atoms with van der Waals surface area (Å²) in [5.41, 5.74) is 0.382. The van der Waals surface area contributed by atoms with Gasteiger partial charge in [0.05, 0.1) is 11.6 Å². The maximum absolute atomic E-state index is 13.7. The molecule has 166 valence electrons. The summed E-state index contributed by atoms with van der Waals surface area (Å²) in [6.45, 7) is 7.99. The van der Waals surface area contributed by atoms with Gasteiger partial charge in [-0.3, -0.25) is 9.48 Å². The van der Waals surface area contributed by atoms with Crippen molar-refractivity contribution in [1.82, 2.24) is 30.0 Å². The largest absolute Gasteiger partial charge is 0.444 e. The number of alkyl carbamates (subject to hydrolysis) is 1. The molecule has 9 heteroatoms. The van der Waals surface area contributed by atoms with E-state index >= 15 is 0 Å². The number of rotatable bonds is 4. The van der Waals surface area contributed by atoms with E-state index in [2.05, 4.69) is 27.3 Å². The first-order valence-corrected chi connectivity index (χ1v) is 10.7. The van der Waals surface area contributed by atoms with Gasteiger partial charge >= 0.3 is 6.09 Å². The topological polar surface area (TPSA) is 102 Å². The van der Waals surface area contributed by atoms with Gasteiger partial charge in [-0.1, -0.05) is 6.92 Å². The Morgan fingerprint density at radius 1 is 1.23 bits per heavy atom. The normalized spacial score (nSPS) is 25.0. The Bertz CT molecular complexity index is 961. The van der Waals surface area contributed by atoms with Crippen LogP contribution in [0.5, 0.6) is 0 Å². The summed E-state index contributed by atoms with van der Waals surface area (Å²) in [5.74, 6) is 1.16. The number of piperidine rings is 2. The van der Waals surface area contributed by atoms with Crippen LogP contribution in [0.1, 0.15) is 51.0 Å². The van der Waals surface area contributed by atoms with Crippen LogP contribution in [0.3, 0.4) is 0 Å². The zero-order chi connectivity index (χ0) is 22.3. The highest BCUT2D eigenvalue weighted by molar-refractivity contribution is 5.98. The number of aromatic nitrogens is 4. The lowest BCUT2D eigenvalue weighted by atomic mass is 9.64. The summed E-state index contributed by atoms with van der Waals surface area (Å²) in [6, 6.07) is 1.77. The highest BCUT2D eigenvalue weighted by atomic mass is 16.6. The van der Waals surface area contributed by atoms with Crippen molar-refractivity contribution in [2.75, 3.05) is 6.54 Å². The Kier molecular flexibility index (Phi) is 5.45. The molecule has 1 aliphatic carbocycles. The van der Waals surface area contributed by atoms with Crippen LogP contribution in [0.15, 0.2) is 24.7 Å². The first-order chi connectivity index (χ1) is 14.6. The minimum atomic E-state index is -0.571. The Balaban J connectivity index is 1.58. The number of nitrogens with zero attached hydrogens (tertiary/aromatic N) is 5. The predicted octanol–water partition coefficient (Wildman–Crippen LogP) is 2.64. The van der Waals surface area contributed by atoms with E-state index in [4.69, 9.17) is 4.74 Å². The van der Waals surface area contributed by atoms with Crippen molar-refractivity contribution in [3.63, 3.8) is 0 Å². The summed E-state index contributed by atoms with van der Waals surface area (Å²) in [4.78, 5) is 36.5. The number of amides is 2. The zero-order valence-corrected chi connectivity index (χ0v) is 18.7. The first-order valence-electron chi connectivity index (χ1n) is 10.7. The van der Waals surface area contributed by atoms with E-state index in [0.29, 0.717) is 29.5 Å². The second kappa shape index (κ2) is 7.94. The van der Waals surface area contributed by atoms with Crippen LogP contribution in [0.4, 0.5) is 4.79 Å². The number of hydrogen-bond donors (Lipinski definition) is 1. The second-order valence-corrected chi connectivity index (χ2v) is 9.54. The van der Waals surface area contributed by atoms with Gasteiger partial charge in [0.1, 0.15) is 5.60 Å². The zero-order valence-electron chi connectivity index (χ0n) is 18.7. The number of ether oxygens (including phenoxy) is 1. The lowest BCUT2D eigenvalue weighted by molar-refractivity contribution is -0.0546. The van der Waals surface area contributed by atoms with Crippen LogP contribution in [0, 0.1) is 11.8 Å². The van der Waals surface area contributed by atoms with E-state index in [1.54, 1.807) is 36.4 Å². The first kappa shape index (κ1) is 21.3. The van der Waals surface area contributed by atoms with Gasteiger partial charge in [-0.25, -0.2) is 14.8 Å². The van der Waals surface area contributed by atoms with Crippen LogP contribution < -0.4 is 5.32 Å². The number of carbonyl (C=O) groups excluding carboxylic acids is 2. The van der Waals surface area contributed by atoms with Crippen LogP contribution in [0.25, 0.3) is 11.4 Å². The third-order valence-corrected chi connectivity index (χ3v) is 6.18. The average molecular weight is 427 g/mol. The molecule has 3 fully saturated rings. The highest BCUT2D eigenvalue weighted by Crippen LogP contribution is 2.47. The molecule has 0 radical (unpaired) electrons. The monoisotopic (exact) mass is 426 g/mol. The fourth-order valence-electron chi connectivity index (χ4n) is 4.60. The minimum Gasteiger partial charge on any atom is -0.444 e. The van der Waals surface area contributed by atoms with Gasteiger partial charge in [0, 0.05) is 38.2 Å². The maximum atomic E-state index is 13.7. The van der Waals surface area contributed by atoms with Gasteiger partial charge in [-0.15, -0.1) is 0 Å². The number of nitrogens with one attached hydrogen (secondary N) is 1. The molecule has 0 aromatic carbocycles. The third kappa shape index (κ3) is 4.26. The number of carbonyl (C=O) groups is 2. The Labute approximate surface area is 182 Å². The number of aryl methyl sites for hydroxylation is 1. The third-order valence-electron chi connectivity index (χ3n) is 6.18. The Morgan fingerprint density at radius 2 is 1.90 bits per heavy atom. The molecule has 2 saturated heterocycles. The SMILES string of the molecule is CC1C2CC(C2)N(C(=O)c2nn(C)cc2-c2ncccn2)C1CNC(=O)OC(C)(C)C. The molecule has 2 unspecified atom stereocenters. The second-order valence-electron chi connectivity index (χ2n) is 9.54. The van der Waals surface area contributed by atoms with Crippen molar-refractivity contribution in [2.24, 2.45) is 18.9 Å². The van der Waals surface area contributed by atoms with Crippen LogP contribution in [0.2, 0.25) is 0 Å². The minimum absolute atomic E-state index is 0.121. The molecule has 2 atom stereocenters. The molecule has 0 spiro atoms. The smallest absolute Gasteiger partial charge is 0.407 e. The van der Waals surface area contributed by atoms with E-state index in [-0.39, 0.29) is 23.9 Å². The van der Waals surface area contributed by atoms with E-state index in [1.807, 2.05) is 25.7 Å². The van der Waals surface area contributed by atoms with E-state index in [9.17, 15) is 9.59 Å². The summed E-state index contributed by atoms with van der Waals surface area (Å²) in [6.07, 6.45) is 6.57. The molecule has 2 bridgehead atoms. The fraction of sp³-hybridized carbons (Fsp3) is 0.591. The molecule has 1 saturated carbocycles. The molecule has 3 aliphatic rings. The van der Waals surface area contributed by atoms with Crippen molar-refractivity contribution in [3.8, 4) is 11.4 Å². The van der Waals surface area contributed by atoms with Gasteiger partial charge in [-0.05, 0) is 51.5 Å². The summed E-state index contributed by atoms with van der Waals surface area (Å²) in [7, 11) is 1.78. The van der Waals surface area contributed by atoms with Crippen LogP contribution in [-0.2, 0) is 11.8 Å².